The third-order valence-corrected chi connectivity index (χ3v) is 3.37. The smallest absolute Gasteiger partial charge is 0.250 e. The molecule has 106 valence electrons. The summed E-state index contributed by atoms with van der Waals surface area (Å²) < 4.78 is 5.49. The van der Waals surface area contributed by atoms with Crippen molar-refractivity contribution in [3.8, 4) is 0 Å². The van der Waals surface area contributed by atoms with Gasteiger partial charge in [-0.15, -0.1) is 0 Å². The number of rotatable bonds is 5. The second-order valence-electron chi connectivity index (χ2n) is 4.81. The monoisotopic (exact) mass is 304 g/mol. The molecule has 1 amide bonds. The van der Waals surface area contributed by atoms with Crippen LogP contribution in [0, 0.1) is 0 Å². The predicted octanol–water partition coefficient (Wildman–Crippen LogP) is 3.72. The van der Waals surface area contributed by atoms with Crippen LogP contribution < -0.4 is 11.1 Å². The van der Waals surface area contributed by atoms with Crippen molar-refractivity contribution in [2.45, 2.75) is 32.8 Å². The van der Waals surface area contributed by atoms with Crippen LogP contribution in [-0.4, -0.2) is 18.1 Å². The highest BCUT2D eigenvalue weighted by Crippen LogP contribution is 2.32. The van der Waals surface area contributed by atoms with Crippen molar-refractivity contribution >= 4 is 40.5 Å². The molecule has 0 aliphatic heterocycles. The number of halogens is 2. The summed E-state index contributed by atoms with van der Waals surface area (Å²) in [5.74, 6) is -0.310. The second-order valence-corrected chi connectivity index (χ2v) is 5.62. The first-order valence-electron chi connectivity index (χ1n) is 5.93. The topological polar surface area (TPSA) is 64.3 Å². The van der Waals surface area contributed by atoms with Crippen molar-refractivity contribution < 1.29 is 9.53 Å². The maximum absolute atomic E-state index is 11.8. The van der Waals surface area contributed by atoms with Crippen LogP contribution in [0.15, 0.2) is 12.1 Å². The molecule has 0 saturated carbocycles. The van der Waals surface area contributed by atoms with Gasteiger partial charge in [0, 0.05) is 5.69 Å². The SMILES string of the molecule is CCC(C)(C)OCC(=O)Nc1c(Cl)cc(N)cc1Cl. The summed E-state index contributed by atoms with van der Waals surface area (Å²) in [5, 5.41) is 3.22. The van der Waals surface area contributed by atoms with Crippen molar-refractivity contribution in [1.29, 1.82) is 0 Å². The van der Waals surface area contributed by atoms with E-state index in [0.29, 0.717) is 21.4 Å². The largest absolute Gasteiger partial charge is 0.399 e. The maximum Gasteiger partial charge on any atom is 0.250 e. The van der Waals surface area contributed by atoms with Crippen LogP contribution in [0.25, 0.3) is 0 Å². The molecule has 3 N–H and O–H groups in total. The fourth-order valence-electron chi connectivity index (χ4n) is 1.25. The highest BCUT2D eigenvalue weighted by Gasteiger charge is 2.18. The molecule has 0 spiro atoms. The minimum Gasteiger partial charge on any atom is -0.399 e. The number of nitrogens with one attached hydrogen (secondary N) is 1. The fourth-order valence-corrected chi connectivity index (χ4v) is 1.85. The Morgan fingerprint density at radius 3 is 2.37 bits per heavy atom. The maximum atomic E-state index is 11.8. The Morgan fingerprint density at radius 2 is 1.89 bits per heavy atom. The normalized spacial score (nSPS) is 11.4. The van der Waals surface area contributed by atoms with Gasteiger partial charge in [0.05, 0.1) is 21.3 Å². The van der Waals surface area contributed by atoms with Crippen LogP contribution in [0.1, 0.15) is 27.2 Å². The molecule has 0 saturated heterocycles. The van der Waals surface area contributed by atoms with Gasteiger partial charge >= 0.3 is 0 Å². The summed E-state index contributed by atoms with van der Waals surface area (Å²) >= 11 is 12.0. The van der Waals surface area contributed by atoms with Gasteiger partial charge in [0.2, 0.25) is 5.91 Å². The molecule has 0 radical (unpaired) electrons. The van der Waals surface area contributed by atoms with E-state index in [1.807, 2.05) is 20.8 Å². The van der Waals surface area contributed by atoms with E-state index >= 15 is 0 Å². The number of hydrogen-bond acceptors (Lipinski definition) is 3. The van der Waals surface area contributed by atoms with Crippen LogP contribution in [-0.2, 0) is 9.53 Å². The van der Waals surface area contributed by atoms with Gasteiger partial charge in [0.25, 0.3) is 0 Å². The molecule has 1 aromatic carbocycles. The van der Waals surface area contributed by atoms with E-state index in [-0.39, 0.29) is 18.1 Å². The molecular weight excluding hydrogens is 287 g/mol. The van der Waals surface area contributed by atoms with Crippen LogP contribution in [0.5, 0.6) is 0 Å². The molecule has 0 aliphatic rings. The number of ether oxygens (including phenoxy) is 1. The van der Waals surface area contributed by atoms with Gasteiger partial charge in [-0.1, -0.05) is 30.1 Å². The summed E-state index contributed by atoms with van der Waals surface area (Å²) in [5.41, 5.74) is 6.03. The van der Waals surface area contributed by atoms with E-state index in [2.05, 4.69) is 5.32 Å². The predicted molar refractivity (Wildman–Crippen MR) is 79.8 cm³/mol. The van der Waals surface area contributed by atoms with Crippen LogP contribution in [0.2, 0.25) is 10.0 Å². The molecule has 4 nitrogen and oxygen atoms in total. The highest BCUT2D eigenvalue weighted by atomic mass is 35.5. The standard InChI is InChI=1S/C13H18Cl2N2O2/c1-4-13(2,3)19-7-11(18)17-12-9(14)5-8(16)6-10(12)15/h5-6H,4,7,16H2,1-3H3,(H,17,18). The summed E-state index contributed by atoms with van der Waals surface area (Å²) in [6, 6.07) is 3.06. The van der Waals surface area contributed by atoms with E-state index in [9.17, 15) is 4.79 Å². The molecule has 6 heteroatoms. The molecule has 1 aromatic rings. The molecule has 0 fully saturated rings. The van der Waals surface area contributed by atoms with E-state index in [0.717, 1.165) is 6.42 Å². The van der Waals surface area contributed by atoms with E-state index < -0.39 is 0 Å². The Kier molecular flexibility index (Phi) is 5.47. The number of carbonyl (C=O) groups excluding carboxylic acids is 1. The molecule has 0 aromatic heterocycles. The Morgan fingerprint density at radius 1 is 1.37 bits per heavy atom. The van der Waals surface area contributed by atoms with Gasteiger partial charge in [-0.05, 0) is 32.4 Å². The zero-order valence-electron chi connectivity index (χ0n) is 11.2. The molecule has 0 atom stereocenters. The Balaban J connectivity index is 2.68. The van der Waals surface area contributed by atoms with Crippen molar-refractivity contribution in [2.75, 3.05) is 17.7 Å². The number of benzene rings is 1. The first-order valence-corrected chi connectivity index (χ1v) is 6.69. The van der Waals surface area contributed by atoms with E-state index in [1.54, 1.807) is 0 Å². The average Bonchev–Trinajstić information content (AvgIpc) is 2.31. The summed E-state index contributed by atoms with van der Waals surface area (Å²) in [6.07, 6.45) is 0.809. The average molecular weight is 305 g/mol. The summed E-state index contributed by atoms with van der Waals surface area (Å²) in [7, 11) is 0. The van der Waals surface area contributed by atoms with Crippen LogP contribution in [0.3, 0.4) is 0 Å². The van der Waals surface area contributed by atoms with Crippen molar-refractivity contribution in [3.05, 3.63) is 22.2 Å². The lowest BCUT2D eigenvalue weighted by molar-refractivity contribution is -0.126. The number of anilines is 2. The number of nitrogens with two attached hydrogens (primary N) is 1. The molecular formula is C13H18Cl2N2O2. The molecule has 1 rings (SSSR count). The van der Waals surface area contributed by atoms with Crippen molar-refractivity contribution in [2.24, 2.45) is 0 Å². The van der Waals surface area contributed by atoms with Gasteiger partial charge in [0.15, 0.2) is 0 Å². The number of hydrogen-bond donors (Lipinski definition) is 2. The van der Waals surface area contributed by atoms with E-state index in [4.69, 9.17) is 33.7 Å². The van der Waals surface area contributed by atoms with Crippen molar-refractivity contribution in [3.63, 3.8) is 0 Å². The van der Waals surface area contributed by atoms with Gasteiger partial charge in [-0.25, -0.2) is 0 Å². The van der Waals surface area contributed by atoms with Crippen LogP contribution >= 0.6 is 23.2 Å². The first kappa shape index (κ1) is 16.1. The van der Waals surface area contributed by atoms with Gasteiger partial charge in [-0.2, -0.15) is 0 Å². The lowest BCUT2D eigenvalue weighted by Crippen LogP contribution is -2.29. The highest BCUT2D eigenvalue weighted by molar-refractivity contribution is 6.40. The number of amides is 1. The zero-order valence-corrected chi connectivity index (χ0v) is 12.7. The minimum atomic E-state index is -0.341. The number of nitrogen functional groups attached to an aromatic ring is 1. The molecule has 0 aliphatic carbocycles. The number of carbonyl (C=O) groups is 1. The molecule has 19 heavy (non-hydrogen) atoms. The van der Waals surface area contributed by atoms with Gasteiger partial charge in [0.1, 0.15) is 6.61 Å². The second kappa shape index (κ2) is 6.46. The Labute approximate surface area is 123 Å². The molecule has 0 heterocycles. The first-order chi connectivity index (χ1) is 8.75. The zero-order chi connectivity index (χ0) is 14.6. The third-order valence-electron chi connectivity index (χ3n) is 2.77. The lowest BCUT2D eigenvalue weighted by Gasteiger charge is -2.23. The van der Waals surface area contributed by atoms with Crippen LogP contribution in [0.4, 0.5) is 11.4 Å². The van der Waals surface area contributed by atoms with Gasteiger partial charge in [-0.3, -0.25) is 4.79 Å². The minimum absolute atomic E-state index is 0.0577. The van der Waals surface area contributed by atoms with Crippen molar-refractivity contribution in [1.82, 2.24) is 0 Å². The molecule has 0 bridgehead atoms. The van der Waals surface area contributed by atoms with Gasteiger partial charge < -0.3 is 15.8 Å². The lowest BCUT2D eigenvalue weighted by atomic mass is 10.1. The molecule has 0 unspecified atom stereocenters. The third kappa shape index (κ3) is 4.90. The fraction of sp³-hybridized carbons (Fsp3) is 0.462. The Bertz CT molecular complexity index is 453. The quantitative estimate of drug-likeness (QED) is 0.815. The summed E-state index contributed by atoms with van der Waals surface area (Å²) in [4.78, 5) is 11.8. The summed E-state index contributed by atoms with van der Waals surface area (Å²) in [6.45, 7) is 5.77. The Hall–Kier alpha value is -0.970. The van der Waals surface area contributed by atoms with E-state index in [1.165, 1.54) is 12.1 Å².